The van der Waals surface area contributed by atoms with Gasteiger partial charge in [-0.2, -0.15) is 0 Å². The number of nitrogen functional groups attached to an aromatic ring is 1. The molecular formula is C23H22ClN5O3. The van der Waals surface area contributed by atoms with Crippen molar-refractivity contribution in [2.75, 3.05) is 26.0 Å². The molecule has 8 nitrogen and oxygen atoms in total. The van der Waals surface area contributed by atoms with Crippen LogP contribution >= 0.6 is 11.6 Å². The van der Waals surface area contributed by atoms with Gasteiger partial charge in [-0.1, -0.05) is 23.7 Å². The number of methoxy groups -OCH3 is 1. The number of hydrogen-bond donors (Lipinski definition) is 2. The third-order valence-corrected chi connectivity index (χ3v) is 5.93. The summed E-state index contributed by atoms with van der Waals surface area (Å²) < 4.78 is 12.6. The Labute approximate surface area is 189 Å². The summed E-state index contributed by atoms with van der Waals surface area (Å²) in [5, 5.41) is 3.37. The Balaban J connectivity index is 1.67. The van der Waals surface area contributed by atoms with Crippen molar-refractivity contribution in [3.05, 3.63) is 53.1 Å². The lowest BCUT2D eigenvalue weighted by Gasteiger charge is -2.12. The number of carbonyl (C=O) groups is 1. The third-order valence-electron chi connectivity index (χ3n) is 5.63. The number of ether oxygens (including phenoxy) is 2. The number of benzene rings is 2. The van der Waals surface area contributed by atoms with E-state index in [2.05, 4.69) is 5.32 Å². The molecule has 164 valence electrons. The average molecular weight is 452 g/mol. The molecule has 3 N–H and O–H groups in total. The highest BCUT2D eigenvalue weighted by atomic mass is 35.5. The normalized spacial score (nSPS) is 16.0. The number of fused-ring (bicyclic) bond motifs is 2. The van der Waals surface area contributed by atoms with Gasteiger partial charge in [0.2, 0.25) is 0 Å². The monoisotopic (exact) mass is 451 g/mol. The predicted octanol–water partition coefficient (Wildman–Crippen LogP) is 3.73. The number of carbonyl (C=O) groups excluding carboxylic acids is 1. The fraction of sp³-hybridized carbons (Fsp3) is 0.261. The van der Waals surface area contributed by atoms with Crippen molar-refractivity contribution in [2.24, 2.45) is 0 Å². The van der Waals surface area contributed by atoms with Crippen molar-refractivity contribution in [1.82, 2.24) is 19.9 Å². The first kappa shape index (κ1) is 20.5. The number of rotatable bonds is 5. The van der Waals surface area contributed by atoms with Crippen LogP contribution in [0.15, 0.2) is 42.5 Å². The zero-order valence-electron chi connectivity index (χ0n) is 17.5. The molecule has 4 aromatic rings. The maximum absolute atomic E-state index is 13.2. The van der Waals surface area contributed by atoms with Crippen LogP contribution in [0.5, 0.6) is 5.75 Å². The summed E-state index contributed by atoms with van der Waals surface area (Å²) in [6, 6.07) is 12.8. The van der Waals surface area contributed by atoms with Crippen molar-refractivity contribution in [1.29, 1.82) is 0 Å². The van der Waals surface area contributed by atoms with Crippen LogP contribution in [0.1, 0.15) is 23.2 Å². The number of aromatic nitrogens is 3. The number of anilines is 1. The minimum Gasteiger partial charge on any atom is -0.495 e. The van der Waals surface area contributed by atoms with Gasteiger partial charge in [0.15, 0.2) is 5.65 Å². The highest BCUT2D eigenvalue weighted by Crippen LogP contribution is 2.34. The molecule has 2 aromatic heterocycles. The van der Waals surface area contributed by atoms with Crippen molar-refractivity contribution in [3.8, 4) is 11.4 Å². The number of halogens is 1. The molecule has 0 radical (unpaired) electrons. The Morgan fingerprint density at radius 1 is 1.28 bits per heavy atom. The zero-order chi connectivity index (χ0) is 22.2. The first-order valence-corrected chi connectivity index (χ1v) is 10.7. The van der Waals surface area contributed by atoms with Crippen LogP contribution in [0.3, 0.4) is 0 Å². The Morgan fingerprint density at radius 3 is 2.75 bits per heavy atom. The number of nitrogens with zero attached hydrogens (tertiary/aromatic N) is 3. The van der Waals surface area contributed by atoms with Crippen molar-refractivity contribution in [2.45, 2.75) is 18.9 Å². The number of amides is 1. The van der Waals surface area contributed by atoms with Crippen LogP contribution < -0.4 is 15.8 Å². The topological polar surface area (TPSA) is 104 Å². The van der Waals surface area contributed by atoms with Gasteiger partial charge >= 0.3 is 0 Å². The van der Waals surface area contributed by atoms with Gasteiger partial charge in [-0.05, 0) is 43.2 Å². The molecule has 0 saturated carbocycles. The summed E-state index contributed by atoms with van der Waals surface area (Å²) in [4.78, 5) is 22.7. The fourth-order valence-corrected chi connectivity index (χ4v) is 4.29. The summed E-state index contributed by atoms with van der Waals surface area (Å²) in [7, 11) is 1.55. The molecule has 0 bridgehead atoms. The quantitative estimate of drug-likeness (QED) is 0.479. The minimum absolute atomic E-state index is 0.0147. The second-order valence-corrected chi connectivity index (χ2v) is 8.05. The van der Waals surface area contributed by atoms with E-state index in [1.54, 1.807) is 23.8 Å². The van der Waals surface area contributed by atoms with Gasteiger partial charge < -0.3 is 20.5 Å². The minimum atomic E-state index is -0.314. The first-order valence-electron chi connectivity index (χ1n) is 10.4. The number of nitrogens with one attached hydrogen (secondary N) is 1. The van der Waals surface area contributed by atoms with E-state index in [-0.39, 0.29) is 23.4 Å². The van der Waals surface area contributed by atoms with Gasteiger partial charge in [0, 0.05) is 13.2 Å². The molecule has 3 heterocycles. The molecule has 0 aliphatic carbocycles. The van der Waals surface area contributed by atoms with E-state index < -0.39 is 0 Å². The smallest absolute Gasteiger partial charge is 0.257 e. The van der Waals surface area contributed by atoms with Gasteiger partial charge in [0.1, 0.15) is 22.6 Å². The second kappa shape index (κ2) is 8.29. The van der Waals surface area contributed by atoms with Crippen LogP contribution in [0.4, 0.5) is 5.82 Å². The average Bonchev–Trinajstić information content (AvgIpc) is 3.41. The van der Waals surface area contributed by atoms with E-state index in [9.17, 15) is 4.79 Å². The lowest BCUT2D eigenvalue weighted by atomic mass is 10.2. The van der Waals surface area contributed by atoms with E-state index in [0.717, 1.165) is 19.4 Å². The second-order valence-electron chi connectivity index (χ2n) is 7.64. The van der Waals surface area contributed by atoms with Gasteiger partial charge in [-0.3, -0.25) is 9.36 Å². The molecule has 1 aliphatic heterocycles. The van der Waals surface area contributed by atoms with Crippen molar-refractivity contribution < 1.29 is 14.3 Å². The Kier molecular flexibility index (Phi) is 5.32. The number of hydrogen-bond acceptors (Lipinski definition) is 6. The molecule has 1 atom stereocenters. The molecular weight excluding hydrogens is 430 g/mol. The molecule has 1 aliphatic rings. The molecule has 1 amide bonds. The van der Waals surface area contributed by atoms with Gasteiger partial charge in [-0.15, -0.1) is 0 Å². The summed E-state index contributed by atoms with van der Waals surface area (Å²) in [6.45, 7) is 1.14. The molecule has 1 fully saturated rings. The van der Waals surface area contributed by atoms with Gasteiger partial charge in [-0.25, -0.2) is 9.97 Å². The van der Waals surface area contributed by atoms with Gasteiger partial charge in [0.25, 0.3) is 5.91 Å². The Hall–Kier alpha value is -3.36. The standard InChI is InChI=1S/C23H22ClN5O3/c1-31-18-9-8-13(11-15(18)24)29-21(25)19(23(30)26-12-14-5-4-10-32-14)20-22(29)28-17-7-3-2-6-16(17)27-20/h2-3,6-9,11,14H,4-5,10,12,25H2,1H3,(H,26,30)/t14-/m1/s1. The van der Waals surface area contributed by atoms with E-state index in [1.165, 1.54) is 0 Å². The summed E-state index contributed by atoms with van der Waals surface area (Å²) in [5.41, 5.74) is 9.75. The molecule has 0 unspecified atom stereocenters. The maximum Gasteiger partial charge on any atom is 0.257 e. The Bertz CT molecular complexity index is 1330. The van der Waals surface area contributed by atoms with Crippen LogP contribution in [-0.4, -0.2) is 46.8 Å². The van der Waals surface area contributed by atoms with Crippen molar-refractivity contribution in [3.63, 3.8) is 0 Å². The highest BCUT2D eigenvalue weighted by Gasteiger charge is 2.26. The highest BCUT2D eigenvalue weighted by molar-refractivity contribution is 6.32. The summed E-state index contributed by atoms with van der Waals surface area (Å²) >= 11 is 6.36. The lowest BCUT2D eigenvalue weighted by molar-refractivity contribution is 0.0859. The predicted molar refractivity (Wildman–Crippen MR) is 124 cm³/mol. The van der Waals surface area contributed by atoms with Crippen LogP contribution in [0, 0.1) is 0 Å². The summed E-state index contributed by atoms with van der Waals surface area (Å²) in [5.74, 6) is 0.462. The van der Waals surface area contributed by atoms with Crippen molar-refractivity contribution >= 4 is 45.5 Å². The number of para-hydroxylation sites is 2. The van der Waals surface area contributed by atoms with E-state index in [0.29, 0.717) is 45.2 Å². The number of nitrogens with two attached hydrogens (primary N) is 1. The molecule has 32 heavy (non-hydrogen) atoms. The molecule has 1 saturated heterocycles. The largest absolute Gasteiger partial charge is 0.495 e. The molecule has 2 aromatic carbocycles. The van der Waals surface area contributed by atoms with E-state index in [4.69, 9.17) is 36.8 Å². The SMILES string of the molecule is COc1ccc(-n2c(N)c(C(=O)NC[C@H]3CCCO3)c3nc4ccccc4nc32)cc1Cl. The maximum atomic E-state index is 13.2. The molecule has 5 rings (SSSR count). The molecule has 9 heteroatoms. The third kappa shape index (κ3) is 3.51. The lowest BCUT2D eigenvalue weighted by Crippen LogP contribution is -2.32. The summed E-state index contributed by atoms with van der Waals surface area (Å²) in [6.07, 6.45) is 1.94. The molecule has 0 spiro atoms. The first-order chi connectivity index (χ1) is 15.6. The van der Waals surface area contributed by atoms with Crippen LogP contribution in [-0.2, 0) is 4.74 Å². The van der Waals surface area contributed by atoms with Gasteiger partial charge in [0.05, 0.1) is 35.0 Å². The zero-order valence-corrected chi connectivity index (χ0v) is 18.2. The van der Waals surface area contributed by atoms with E-state index >= 15 is 0 Å². The Morgan fingerprint density at radius 2 is 2.06 bits per heavy atom. The van der Waals surface area contributed by atoms with E-state index in [1.807, 2.05) is 30.3 Å². The van der Waals surface area contributed by atoms with Crippen LogP contribution in [0.2, 0.25) is 5.02 Å². The van der Waals surface area contributed by atoms with Crippen LogP contribution in [0.25, 0.3) is 27.9 Å². The fourth-order valence-electron chi connectivity index (χ4n) is 4.04.